The quantitative estimate of drug-likeness (QED) is 0.652. The molecule has 1 aromatic heterocycles. The van der Waals surface area contributed by atoms with Crippen LogP contribution in [-0.4, -0.2) is 4.98 Å². The van der Waals surface area contributed by atoms with E-state index in [1.165, 1.54) is 0 Å². The second kappa shape index (κ2) is 4.53. The van der Waals surface area contributed by atoms with E-state index in [0.29, 0.717) is 0 Å². The molecule has 3 heteroatoms. The maximum atomic E-state index is 5.93. The Morgan fingerprint density at radius 1 is 1.69 bits per heavy atom. The summed E-state index contributed by atoms with van der Waals surface area (Å²) in [7, 11) is 0. The van der Waals surface area contributed by atoms with Crippen LogP contribution in [0.25, 0.3) is 0 Å². The highest BCUT2D eigenvalue weighted by Crippen LogP contribution is 2.17. The zero-order chi connectivity index (χ0) is 9.84. The second-order valence-corrected chi connectivity index (χ2v) is 3.99. The van der Waals surface area contributed by atoms with Crippen molar-refractivity contribution in [1.29, 1.82) is 0 Å². The van der Waals surface area contributed by atoms with Crippen molar-refractivity contribution in [2.75, 3.05) is 0 Å². The minimum Gasteiger partial charge on any atom is -0.324 e. The molecule has 0 aromatic carbocycles. The van der Waals surface area contributed by atoms with Crippen molar-refractivity contribution in [3.8, 4) is 0 Å². The van der Waals surface area contributed by atoms with Crippen molar-refractivity contribution in [3.05, 3.63) is 40.6 Å². The third kappa shape index (κ3) is 3.28. The van der Waals surface area contributed by atoms with E-state index >= 15 is 0 Å². The van der Waals surface area contributed by atoms with Gasteiger partial charge in [0.25, 0.3) is 0 Å². The van der Waals surface area contributed by atoms with Crippen molar-refractivity contribution >= 4 is 15.9 Å². The van der Waals surface area contributed by atoms with Crippen LogP contribution in [0, 0.1) is 0 Å². The molecule has 0 amide bonds. The van der Waals surface area contributed by atoms with Crippen LogP contribution in [0.1, 0.15) is 24.9 Å². The number of pyridine rings is 1. The van der Waals surface area contributed by atoms with Crippen LogP contribution < -0.4 is 5.73 Å². The molecule has 1 heterocycles. The number of hydrogen-bond acceptors (Lipinski definition) is 2. The lowest BCUT2D eigenvalue weighted by atomic mass is 10.0. The molecule has 13 heavy (non-hydrogen) atoms. The fourth-order valence-corrected chi connectivity index (χ4v) is 1.33. The number of rotatable bonds is 3. The molecule has 1 atom stereocenters. The first-order valence-corrected chi connectivity index (χ1v) is 4.90. The molecule has 0 aliphatic heterocycles. The summed E-state index contributed by atoms with van der Waals surface area (Å²) >= 11 is 3.28. The van der Waals surface area contributed by atoms with Crippen molar-refractivity contribution < 1.29 is 0 Å². The van der Waals surface area contributed by atoms with Crippen molar-refractivity contribution in [3.63, 3.8) is 0 Å². The molecule has 1 aromatic rings. The van der Waals surface area contributed by atoms with Gasteiger partial charge < -0.3 is 5.73 Å². The van der Waals surface area contributed by atoms with E-state index in [1.807, 2.05) is 19.1 Å². The lowest BCUT2D eigenvalue weighted by Crippen LogP contribution is -2.10. The molecule has 0 fully saturated rings. The predicted octanol–water partition coefficient (Wildman–Crippen LogP) is 2.81. The van der Waals surface area contributed by atoms with Crippen molar-refractivity contribution in [2.24, 2.45) is 5.73 Å². The van der Waals surface area contributed by atoms with E-state index in [0.717, 1.165) is 22.2 Å². The summed E-state index contributed by atoms with van der Waals surface area (Å²) in [4.78, 5) is 4.11. The van der Waals surface area contributed by atoms with Gasteiger partial charge in [-0.25, -0.2) is 4.98 Å². The van der Waals surface area contributed by atoms with Gasteiger partial charge in [-0.15, -0.1) is 6.58 Å². The average Bonchev–Trinajstić information content (AvgIpc) is 2.04. The van der Waals surface area contributed by atoms with Crippen molar-refractivity contribution in [1.82, 2.24) is 4.98 Å². The standard InChI is InChI=1S/C10H13BrN2/c1-7(2)5-9(12)8-3-4-10(11)13-6-8/h3-4,6,9H,1,5,12H2,2H3/t9-/m1/s1. The van der Waals surface area contributed by atoms with Crippen LogP contribution in [0.15, 0.2) is 35.1 Å². The van der Waals surface area contributed by atoms with Gasteiger partial charge in [-0.05, 0) is 40.9 Å². The minimum absolute atomic E-state index is 0.0121. The molecule has 0 unspecified atom stereocenters. The molecule has 0 saturated heterocycles. The van der Waals surface area contributed by atoms with Gasteiger partial charge in [-0.2, -0.15) is 0 Å². The van der Waals surface area contributed by atoms with Crippen molar-refractivity contribution in [2.45, 2.75) is 19.4 Å². The predicted molar refractivity (Wildman–Crippen MR) is 58.3 cm³/mol. The van der Waals surface area contributed by atoms with Crippen LogP contribution in [0.3, 0.4) is 0 Å². The Kier molecular flexibility index (Phi) is 3.63. The second-order valence-electron chi connectivity index (χ2n) is 3.18. The van der Waals surface area contributed by atoms with Gasteiger partial charge in [0, 0.05) is 12.2 Å². The van der Waals surface area contributed by atoms with Gasteiger partial charge in [0.15, 0.2) is 0 Å². The molecule has 70 valence electrons. The Bertz CT molecular complexity index is 292. The Morgan fingerprint density at radius 2 is 2.38 bits per heavy atom. The van der Waals surface area contributed by atoms with E-state index in [1.54, 1.807) is 6.20 Å². The molecule has 0 spiro atoms. The maximum Gasteiger partial charge on any atom is 0.106 e. The Labute approximate surface area is 87.0 Å². The summed E-state index contributed by atoms with van der Waals surface area (Å²) in [6, 6.07) is 3.89. The molecule has 0 aliphatic rings. The number of aromatic nitrogens is 1. The third-order valence-electron chi connectivity index (χ3n) is 1.75. The molecule has 2 nitrogen and oxygen atoms in total. The first kappa shape index (κ1) is 10.4. The normalized spacial score (nSPS) is 12.5. The summed E-state index contributed by atoms with van der Waals surface area (Å²) in [6.45, 7) is 5.81. The first-order valence-electron chi connectivity index (χ1n) is 4.11. The van der Waals surface area contributed by atoms with Gasteiger partial charge in [-0.3, -0.25) is 0 Å². The molecule has 2 N–H and O–H groups in total. The number of hydrogen-bond donors (Lipinski definition) is 1. The molecule has 1 rings (SSSR count). The van der Waals surface area contributed by atoms with E-state index in [-0.39, 0.29) is 6.04 Å². The summed E-state index contributed by atoms with van der Waals surface area (Å²) in [5.41, 5.74) is 8.07. The smallest absolute Gasteiger partial charge is 0.106 e. The zero-order valence-corrected chi connectivity index (χ0v) is 9.21. The number of halogens is 1. The van der Waals surface area contributed by atoms with E-state index in [4.69, 9.17) is 5.73 Å². The highest BCUT2D eigenvalue weighted by Gasteiger charge is 2.05. The summed E-state index contributed by atoms with van der Waals surface area (Å²) in [5, 5.41) is 0. The van der Waals surface area contributed by atoms with Crippen LogP contribution in [0.2, 0.25) is 0 Å². The molecular weight excluding hydrogens is 228 g/mol. The lowest BCUT2D eigenvalue weighted by Gasteiger charge is -2.10. The van der Waals surface area contributed by atoms with Gasteiger partial charge >= 0.3 is 0 Å². The highest BCUT2D eigenvalue weighted by molar-refractivity contribution is 9.10. The SMILES string of the molecule is C=C(C)C[C@@H](N)c1ccc(Br)nc1. The monoisotopic (exact) mass is 240 g/mol. The topological polar surface area (TPSA) is 38.9 Å². The van der Waals surface area contributed by atoms with Gasteiger partial charge in [-0.1, -0.05) is 11.6 Å². The Morgan fingerprint density at radius 3 is 2.85 bits per heavy atom. The van der Waals surface area contributed by atoms with Crippen LogP contribution in [0.5, 0.6) is 0 Å². The fraction of sp³-hybridized carbons (Fsp3) is 0.300. The molecule has 0 aliphatic carbocycles. The highest BCUT2D eigenvalue weighted by atomic mass is 79.9. The summed E-state index contributed by atoms with van der Waals surface area (Å²) in [5.74, 6) is 0. The first-order chi connectivity index (χ1) is 6.09. The van der Waals surface area contributed by atoms with Gasteiger partial charge in [0.2, 0.25) is 0 Å². The van der Waals surface area contributed by atoms with Gasteiger partial charge in [0.05, 0.1) is 0 Å². The largest absolute Gasteiger partial charge is 0.324 e. The zero-order valence-electron chi connectivity index (χ0n) is 7.63. The van der Waals surface area contributed by atoms with E-state index < -0.39 is 0 Å². The van der Waals surface area contributed by atoms with E-state index in [2.05, 4.69) is 27.5 Å². The molecular formula is C10H13BrN2. The third-order valence-corrected chi connectivity index (χ3v) is 2.22. The Hall–Kier alpha value is -0.670. The summed E-state index contributed by atoms with van der Waals surface area (Å²) < 4.78 is 0.832. The average molecular weight is 241 g/mol. The Balaban J connectivity index is 2.71. The minimum atomic E-state index is 0.0121. The van der Waals surface area contributed by atoms with Crippen LogP contribution in [-0.2, 0) is 0 Å². The lowest BCUT2D eigenvalue weighted by molar-refractivity contribution is 0.713. The molecule has 0 saturated carbocycles. The number of nitrogens with two attached hydrogens (primary N) is 1. The van der Waals surface area contributed by atoms with E-state index in [9.17, 15) is 0 Å². The maximum absolute atomic E-state index is 5.93. The number of nitrogens with zero attached hydrogens (tertiary/aromatic N) is 1. The molecule has 0 radical (unpaired) electrons. The van der Waals surface area contributed by atoms with Gasteiger partial charge in [0.1, 0.15) is 4.60 Å². The fourth-order valence-electron chi connectivity index (χ4n) is 1.10. The summed E-state index contributed by atoms with van der Waals surface area (Å²) in [6.07, 6.45) is 2.60. The van der Waals surface area contributed by atoms with Crippen LogP contribution in [0.4, 0.5) is 0 Å². The molecule has 0 bridgehead atoms. The van der Waals surface area contributed by atoms with Crippen LogP contribution >= 0.6 is 15.9 Å².